The van der Waals surface area contributed by atoms with Crippen LogP contribution in [0.1, 0.15) is 32.1 Å². The summed E-state index contributed by atoms with van der Waals surface area (Å²) in [5, 5.41) is 13.1. The second-order valence-corrected chi connectivity index (χ2v) is 4.88. The van der Waals surface area contributed by atoms with Gasteiger partial charge in [-0.1, -0.05) is 6.42 Å². The van der Waals surface area contributed by atoms with Crippen molar-refractivity contribution in [3.05, 3.63) is 0 Å². The Kier molecular flexibility index (Phi) is 6.54. The molecule has 0 aromatic carbocycles. The van der Waals surface area contributed by atoms with Gasteiger partial charge in [-0.05, 0) is 25.7 Å². The summed E-state index contributed by atoms with van der Waals surface area (Å²) in [5.74, 6) is 1.43. The topological polar surface area (TPSA) is 47.9 Å². The van der Waals surface area contributed by atoms with Gasteiger partial charge < -0.3 is 15.3 Å². The van der Waals surface area contributed by atoms with E-state index in [1.54, 1.807) is 0 Å². The first kappa shape index (κ1) is 15.0. The standard InChI is InChI=1S/C12H23N3O.HI/c1-13-12(15-7-2-3-8-15)14-9-10-5-4-6-11(10)16;/h10-11,16H,2-9H2,1H3,(H,13,14);1H. The van der Waals surface area contributed by atoms with E-state index in [4.69, 9.17) is 0 Å². The number of likely N-dealkylation sites (tertiary alicyclic amines) is 1. The zero-order valence-corrected chi connectivity index (χ0v) is 12.9. The van der Waals surface area contributed by atoms with Gasteiger partial charge in [0.25, 0.3) is 0 Å². The van der Waals surface area contributed by atoms with E-state index in [0.717, 1.165) is 44.9 Å². The summed E-state index contributed by atoms with van der Waals surface area (Å²) in [7, 11) is 1.84. The minimum atomic E-state index is -0.107. The number of halogens is 1. The summed E-state index contributed by atoms with van der Waals surface area (Å²) in [4.78, 5) is 6.61. The van der Waals surface area contributed by atoms with Crippen LogP contribution >= 0.6 is 24.0 Å². The minimum Gasteiger partial charge on any atom is -0.393 e. The molecule has 1 aliphatic carbocycles. The highest BCUT2D eigenvalue weighted by atomic mass is 127. The van der Waals surface area contributed by atoms with Crippen LogP contribution in [0.3, 0.4) is 0 Å². The highest BCUT2D eigenvalue weighted by Crippen LogP contribution is 2.24. The van der Waals surface area contributed by atoms with Crippen LogP contribution in [0.15, 0.2) is 4.99 Å². The molecule has 0 aromatic rings. The molecule has 0 radical (unpaired) electrons. The molecule has 5 heteroatoms. The Morgan fingerprint density at radius 1 is 1.29 bits per heavy atom. The molecular formula is C12H24IN3O. The van der Waals surface area contributed by atoms with Crippen molar-refractivity contribution in [3.8, 4) is 0 Å². The zero-order valence-electron chi connectivity index (χ0n) is 10.6. The van der Waals surface area contributed by atoms with Gasteiger partial charge in [-0.3, -0.25) is 4.99 Å². The first-order valence-electron chi connectivity index (χ1n) is 6.45. The quantitative estimate of drug-likeness (QED) is 0.449. The molecule has 2 N–H and O–H groups in total. The third kappa shape index (κ3) is 3.98. The number of aliphatic hydroxyl groups is 1. The smallest absolute Gasteiger partial charge is 0.193 e. The van der Waals surface area contributed by atoms with Gasteiger partial charge in [-0.2, -0.15) is 0 Å². The van der Waals surface area contributed by atoms with Crippen molar-refractivity contribution < 1.29 is 5.11 Å². The maximum absolute atomic E-state index is 9.75. The van der Waals surface area contributed by atoms with Crippen LogP contribution in [0.4, 0.5) is 0 Å². The molecule has 1 saturated carbocycles. The lowest BCUT2D eigenvalue weighted by Crippen LogP contribution is -2.42. The van der Waals surface area contributed by atoms with Crippen LogP contribution in [-0.2, 0) is 0 Å². The van der Waals surface area contributed by atoms with Gasteiger partial charge in [0.1, 0.15) is 0 Å². The molecule has 2 aliphatic rings. The van der Waals surface area contributed by atoms with E-state index >= 15 is 0 Å². The molecule has 0 amide bonds. The number of aliphatic hydroxyl groups excluding tert-OH is 1. The third-order valence-electron chi connectivity index (χ3n) is 3.76. The van der Waals surface area contributed by atoms with E-state index in [9.17, 15) is 5.11 Å². The van der Waals surface area contributed by atoms with E-state index in [1.807, 2.05) is 7.05 Å². The fourth-order valence-electron chi connectivity index (χ4n) is 2.74. The SMILES string of the molecule is CN=C(NCC1CCCC1O)N1CCCC1.I. The van der Waals surface area contributed by atoms with Crippen LogP contribution in [-0.4, -0.2) is 48.8 Å². The van der Waals surface area contributed by atoms with Crippen LogP contribution in [0, 0.1) is 5.92 Å². The van der Waals surface area contributed by atoms with Crippen molar-refractivity contribution in [1.82, 2.24) is 10.2 Å². The summed E-state index contributed by atoms with van der Waals surface area (Å²) in [6, 6.07) is 0. The lowest BCUT2D eigenvalue weighted by Gasteiger charge is -2.23. The van der Waals surface area contributed by atoms with Gasteiger partial charge in [-0.15, -0.1) is 24.0 Å². The van der Waals surface area contributed by atoms with Crippen molar-refractivity contribution in [1.29, 1.82) is 0 Å². The fraction of sp³-hybridized carbons (Fsp3) is 0.917. The average Bonchev–Trinajstić information content (AvgIpc) is 2.92. The minimum absolute atomic E-state index is 0. The van der Waals surface area contributed by atoms with Gasteiger partial charge in [0.05, 0.1) is 6.10 Å². The maximum atomic E-state index is 9.75. The molecule has 2 atom stereocenters. The predicted octanol–water partition coefficient (Wildman–Crippen LogP) is 1.44. The Morgan fingerprint density at radius 2 is 2.00 bits per heavy atom. The van der Waals surface area contributed by atoms with Gasteiger partial charge in [0.2, 0.25) is 0 Å². The lowest BCUT2D eigenvalue weighted by atomic mass is 10.1. The van der Waals surface area contributed by atoms with Crippen molar-refractivity contribution in [3.63, 3.8) is 0 Å². The Labute approximate surface area is 121 Å². The van der Waals surface area contributed by atoms with Crippen molar-refractivity contribution in [2.45, 2.75) is 38.2 Å². The average molecular weight is 353 g/mol. The number of nitrogens with zero attached hydrogens (tertiary/aromatic N) is 2. The molecule has 100 valence electrons. The monoisotopic (exact) mass is 353 g/mol. The van der Waals surface area contributed by atoms with Crippen LogP contribution < -0.4 is 5.32 Å². The molecule has 1 saturated heterocycles. The van der Waals surface area contributed by atoms with Gasteiger partial charge in [0, 0.05) is 32.6 Å². The maximum Gasteiger partial charge on any atom is 0.193 e. The summed E-state index contributed by atoms with van der Waals surface area (Å²) in [6.45, 7) is 3.10. The predicted molar refractivity (Wildman–Crippen MR) is 80.9 cm³/mol. The summed E-state index contributed by atoms with van der Waals surface area (Å²) >= 11 is 0. The fourth-order valence-corrected chi connectivity index (χ4v) is 2.74. The normalized spacial score (nSPS) is 29.3. The molecule has 17 heavy (non-hydrogen) atoms. The Hall–Kier alpha value is -0.0400. The molecule has 1 heterocycles. The van der Waals surface area contributed by atoms with Crippen molar-refractivity contribution >= 4 is 29.9 Å². The summed E-state index contributed by atoms with van der Waals surface area (Å²) in [6.07, 6.45) is 5.71. The first-order valence-corrected chi connectivity index (χ1v) is 6.45. The largest absolute Gasteiger partial charge is 0.393 e. The molecule has 2 rings (SSSR count). The Balaban J connectivity index is 0.00000144. The number of aliphatic imine (C=N–C) groups is 1. The Bertz CT molecular complexity index is 254. The lowest BCUT2D eigenvalue weighted by molar-refractivity contribution is 0.134. The number of hydrogen-bond donors (Lipinski definition) is 2. The van der Waals surface area contributed by atoms with Gasteiger partial charge in [-0.25, -0.2) is 0 Å². The molecule has 0 bridgehead atoms. The number of nitrogens with one attached hydrogen (secondary N) is 1. The van der Waals surface area contributed by atoms with Crippen LogP contribution in [0.2, 0.25) is 0 Å². The molecule has 0 spiro atoms. The van der Waals surface area contributed by atoms with Gasteiger partial charge >= 0.3 is 0 Å². The second kappa shape index (κ2) is 7.41. The van der Waals surface area contributed by atoms with E-state index in [0.29, 0.717) is 5.92 Å². The van der Waals surface area contributed by atoms with Crippen molar-refractivity contribution in [2.24, 2.45) is 10.9 Å². The molecule has 4 nitrogen and oxygen atoms in total. The van der Waals surface area contributed by atoms with E-state index in [1.165, 1.54) is 12.8 Å². The second-order valence-electron chi connectivity index (χ2n) is 4.88. The third-order valence-corrected chi connectivity index (χ3v) is 3.76. The molecule has 2 unspecified atom stereocenters. The first-order chi connectivity index (χ1) is 7.81. The van der Waals surface area contributed by atoms with E-state index in [2.05, 4.69) is 15.2 Å². The highest BCUT2D eigenvalue weighted by Gasteiger charge is 2.25. The van der Waals surface area contributed by atoms with Crippen LogP contribution in [0.25, 0.3) is 0 Å². The molecule has 2 fully saturated rings. The number of hydrogen-bond acceptors (Lipinski definition) is 2. The molecular weight excluding hydrogens is 329 g/mol. The van der Waals surface area contributed by atoms with Crippen molar-refractivity contribution in [2.75, 3.05) is 26.7 Å². The number of rotatable bonds is 2. The zero-order chi connectivity index (χ0) is 11.4. The van der Waals surface area contributed by atoms with Crippen LogP contribution in [0.5, 0.6) is 0 Å². The highest BCUT2D eigenvalue weighted by molar-refractivity contribution is 14.0. The Morgan fingerprint density at radius 3 is 2.53 bits per heavy atom. The van der Waals surface area contributed by atoms with Gasteiger partial charge in [0.15, 0.2) is 5.96 Å². The van der Waals surface area contributed by atoms with E-state index < -0.39 is 0 Å². The summed E-state index contributed by atoms with van der Waals surface area (Å²) in [5.41, 5.74) is 0. The summed E-state index contributed by atoms with van der Waals surface area (Å²) < 4.78 is 0. The van der Waals surface area contributed by atoms with E-state index in [-0.39, 0.29) is 30.1 Å². The molecule has 0 aromatic heterocycles. The number of guanidine groups is 1. The molecule has 1 aliphatic heterocycles.